The molecule has 0 spiro atoms. The van der Waals surface area contributed by atoms with Crippen LogP contribution in [0.2, 0.25) is 0 Å². The van der Waals surface area contributed by atoms with E-state index < -0.39 is 30.7 Å². The molecule has 1 radical (unpaired) electrons. The van der Waals surface area contributed by atoms with Gasteiger partial charge in [0.2, 0.25) is 0 Å². The Morgan fingerprint density at radius 1 is 0.367 bits per heavy atom. The van der Waals surface area contributed by atoms with Crippen LogP contribution in [0, 0.1) is 47.3 Å². The molecule has 279 valence electrons. The van der Waals surface area contributed by atoms with Crippen molar-refractivity contribution in [1.29, 1.82) is 0 Å². The van der Waals surface area contributed by atoms with Crippen LogP contribution in [0.15, 0.2) is 0 Å². The number of hydrogen-bond donors (Lipinski definition) is 8. The molecule has 4 saturated carbocycles. The van der Waals surface area contributed by atoms with Crippen molar-refractivity contribution >= 4 is 20.2 Å². The zero-order valence-electron chi connectivity index (χ0n) is 29.9. The Kier molecular flexibility index (Phi) is 10.1. The van der Waals surface area contributed by atoms with Crippen molar-refractivity contribution in [2.75, 3.05) is 0 Å². The minimum Gasteiger partial charge on any atom is -0.748 e. The molecule has 5 aliphatic heterocycles. The molecule has 0 aromatic heterocycles. The minimum absolute atomic E-state index is 0. The van der Waals surface area contributed by atoms with Gasteiger partial charge < -0.3 is 9.11 Å². The molecule has 9 aliphatic rings. The van der Waals surface area contributed by atoms with Gasteiger partial charge in [-0.2, -0.15) is 0 Å². The predicted octanol–water partition coefficient (Wildman–Crippen LogP) is -0.124. The van der Waals surface area contributed by atoms with Crippen molar-refractivity contribution in [3.05, 3.63) is 0 Å². The van der Waals surface area contributed by atoms with Gasteiger partial charge in [0.1, 0.15) is 0 Å². The van der Waals surface area contributed by atoms with Gasteiger partial charge in [-0.05, 0) is 112 Å². The fraction of sp³-hybridized carbons (Fsp3) is 1.00. The van der Waals surface area contributed by atoms with E-state index in [1.165, 1.54) is 38.5 Å². The molecular formula is C32H56CoN8O6S2+2. The van der Waals surface area contributed by atoms with E-state index in [0.29, 0.717) is 62.2 Å². The zero-order chi connectivity index (χ0) is 32.9. The van der Waals surface area contributed by atoms with E-state index in [9.17, 15) is 25.9 Å². The van der Waals surface area contributed by atoms with E-state index in [1.54, 1.807) is 0 Å². The molecule has 5 heterocycles. The summed E-state index contributed by atoms with van der Waals surface area (Å²) in [7, 11) is -8.79. The van der Waals surface area contributed by atoms with E-state index in [2.05, 4.69) is 42.5 Å². The molecule has 17 heteroatoms. The summed E-state index contributed by atoms with van der Waals surface area (Å²) in [5, 5.41) is 29.8. The number of fused-ring (bicyclic) bond motifs is 20. The zero-order valence-corrected chi connectivity index (χ0v) is 30.6. The van der Waals surface area contributed by atoms with Gasteiger partial charge in [-0.3, -0.25) is 42.5 Å². The van der Waals surface area contributed by atoms with Crippen LogP contribution in [-0.4, -0.2) is 85.8 Å². The predicted molar refractivity (Wildman–Crippen MR) is 177 cm³/mol. The van der Waals surface area contributed by atoms with E-state index in [0.717, 1.165) is 12.8 Å². The van der Waals surface area contributed by atoms with Gasteiger partial charge in [0.25, 0.3) is 0 Å². The summed E-state index contributed by atoms with van der Waals surface area (Å²) in [4.78, 5) is 0. The summed E-state index contributed by atoms with van der Waals surface area (Å²) < 4.78 is 73.6. The largest absolute Gasteiger partial charge is 2.00 e. The van der Waals surface area contributed by atoms with Crippen LogP contribution in [-0.2, 0) is 37.0 Å². The molecule has 0 amide bonds. The fourth-order valence-corrected chi connectivity index (χ4v) is 14.2. The van der Waals surface area contributed by atoms with Crippen LogP contribution in [0.1, 0.15) is 92.7 Å². The van der Waals surface area contributed by atoms with Crippen molar-refractivity contribution in [1.82, 2.24) is 42.5 Å². The Morgan fingerprint density at radius 2 is 0.592 bits per heavy atom. The van der Waals surface area contributed by atoms with Crippen LogP contribution in [0.3, 0.4) is 0 Å². The molecule has 5 saturated heterocycles. The fourth-order valence-electron chi connectivity index (χ4n) is 12.4. The van der Waals surface area contributed by atoms with Crippen molar-refractivity contribution in [3.8, 4) is 0 Å². The average Bonchev–Trinajstić information content (AvgIpc) is 3.79. The molecule has 18 unspecified atom stereocenters. The molecule has 8 N–H and O–H groups in total. The van der Waals surface area contributed by atoms with Gasteiger partial charge >= 0.3 is 19.6 Å². The summed E-state index contributed by atoms with van der Waals surface area (Å²) in [5.41, 5.74) is 0. The second-order valence-electron chi connectivity index (χ2n) is 16.9. The van der Waals surface area contributed by atoms with Gasteiger partial charge in [0.05, 0.1) is 69.6 Å². The monoisotopic (exact) mass is 771 g/mol. The standard InChI is InChI=1S/C32H56N8O6S2.Co/c41-47(42,43)15-9-11-21-23(13-15)31-37-27-19-7-3-1-5-17(19)25(34-27)33-26-18-6-2-4-8-20(18)28(35-26)38-32-24-14-16(48(44,45)46)10-12-22(24)30(40-32)36-29(21)39-31;/h15-40H,1-14H2,(H,41,42,43)(H,44,45,46);/q;+2. The van der Waals surface area contributed by atoms with Gasteiger partial charge in [-0.15, -0.1) is 0 Å². The topological polar surface area (TPSA) is 211 Å². The third-order valence-corrected chi connectivity index (χ3v) is 17.2. The number of nitrogens with one attached hydrogen (secondary N) is 8. The van der Waals surface area contributed by atoms with Crippen molar-refractivity contribution < 1.29 is 45.6 Å². The Bertz CT molecular complexity index is 1360. The second-order valence-corrected chi connectivity index (χ2v) is 20.2. The Hall–Kier alpha value is 0.00649. The van der Waals surface area contributed by atoms with Gasteiger partial charge in [0.15, 0.2) is 0 Å². The maximum absolute atomic E-state index is 12.3. The van der Waals surface area contributed by atoms with Crippen molar-refractivity contribution in [2.45, 2.75) is 150 Å². The third-order valence-electron chi connectivity index (χ3n) is 14.7. The van der Waals surface area contributed by atoms with Crippen LogP contribution < -0.4 is 42.5 Å². The molecule has 8 bridgehead atoms. The smallest absolute Gasteiger partial charge is 0.748 e. The Morgan fingerprint density at radius 3 is 0.837 bits per heavy atom. The molecule has 9 rings (SSSR count). The summed E-state index contributed by atoms with van der Waals surface area (Å²) in [5.74, 6) is 2.13. The first-order valence-corrected chi connectivity index (χ1v) is 21.9. The Balaban J connectivity index is 0.00000149. The number of rotatable bonds is 2. The molecular weight excluding hydrogens is 715 g/mol. The molecule has 14 nitrogen and oxygen atoms in total. The van der Waals surface area contributed by atoms with E-state index in [4.69, 9.17) is 0 Å². The van der Waals surface area contributed by atoms with Gasteiger partial charge in [-0.1, -0.05) is 25.7 Å². The normalized spacial score (nSPS) is 52.7. The summed E-state index contributed by atoms with van der Waals surface area (Å²) >= 11 is 0. The molecule has 49 heavy (non-hydrogen) atoms. The molecule has 9 fully saturated rings. The van der Waals surface area contributed by atoms with Gasteiger partial charge in [0, 0.05) is 10.5 Å². The van der Waals surface area contributed by atoms with Crippen LogP contribution in [0.4, 0.5) is 0 Å². The summed E-state index contributed by atoms with van der Waals surface area (Å²) in [6, 6.07) is 0. The molecule has 0 aromatic carbocycles. The van der Waals surface area contributed by atoms with Crippen LogP contribution >= 0.6 is 0 Å². The van der Waals surface area contributed by atoms with Crippen LogP contribution in [0.25, 0.3) is 0 Å². The number of hydrogen-bond acceptors (Lipinski definition) is 14. The first-order chi connectivity index (χ1) is 23.0. The quantitative estimate of drug-likeness (QED) is 0.172. The third kappa shape index (κ3) is 6.61. The first-order valence-electron chi connectivity index (χ1n) is 19.0. The maximum atomic E-state index is 12.3. The minimum atomic E-state index is -4.40. The molecule has 18 atom stereocenters. The SMILES string of the molecule is O=S(=O)([O-])C1CCC2C3NC4NC(NC5NC(NC6NC(NC(N3)C2C1)C1CCCCC61)C1CCCCC51)C1CC(S(=O)(=O)[O-])CCC41.[Co+2].[H+].[H+]. The summed E-state index contributed by atoms with van der Waals surface area (Å²) in [6.45, 7) is 0. The van der Waals surface area contributed by atoms with Crippen molar-refractivity contribution in [3.63, 3.8) is 0 Å². The van der Waals surface area contributed by atoms with E-state index in [-0.39, 0.29) is 92.6 Å². The molecule has 4 aliphatic carbocycles. The Labute approximate surface area is 304 Å². The second kappa shape index (κ2) is 13.7. The molecule has 0 aromatic rings. The van der Waals surface area contributed by atoms with Crippen molar-refractivity contribution in [2.24, 2.45) is 47.3 Å². The average molecular weight is 772 g/mol. The van der Waals surface area contributed by atoms with E-state index >= 15 is 0 Å². The van der Waals surface area contributed by atoms with Gasteiger partial charge in [-0.25, -0.2) is 16.8 Å². The van der Waals surface area contributed by atoms with E-state index in [1.807, 2.05) is 0 Å². The summed E-state index contributed by atoms with van der Waals surface area (Å²) in [6.07, 6.45) is 12.1. The van der Waals surface area contributed by atoms with Crippen LogP contribution in [0.5, 0.6) is 0 Å². The maximum Gasteiger partial charge on any atom is 2.00 e. The first kappa shape index (κ1) is 36.0.